The molecule has 3 aromatic carbocycles. The van der Waals surface area contributed by atoms with Crippen molar-refractivity contribution < 1.29 is 4.92 Å². The zero-order chi connectivity index (χ0) is 24.9. The van der Waals surface area contributed by atoms with Crippen LogP contribution in [0, 0.1) is 10.1 Å². The van der Waals surface area contributed by atoms with Crippen molar-refractivity contribution in [2.45, 2.75) is 19.8 Å². The van der Waals surface area contributed by atoms with Crippen LogP contribution in [0.4, 0.5) is 17.1 Å². The van der Waals surface area contributed by atoms with Crippen molar-refractivity contribution in [3.05, 3.63) is 104 Å². The lowest BCUT2D eigenvalue weighted by Crippen LogP contribution is -2.11. The smallest absolute Gasteiger partial charge is 0.269 e. The number of rotatable bonds is 7. The summed E-state index contributed by atoms with van der Waals surface area (Å²) in [4.78, 5) is 18.3. The maximum absolute atomic E-state index is 11.1. The van der Waals surface area contributed by atoms with Crippen LogP contribution in [0.2, 0.25) is 0 Å². The Morgan fingerprint density at radius 1 is 0.971 bits per heavy atom. The number of anilines is 1. The Morgan fingerprint density at radius 3 is 2.20 bits per heavy atom. The van der Waals surface area contributed by atoms with Gasteiger partial charge in [-0.2, -0.15) is 5.10 Å². The van der Waals surface area contributed by atoms with Crippen LogP contribution >= 0.6 is 11.3 Å². The molecule has 0 atom stereocenters. The summed E-state index contributed by atoms with van der Waals surface area (Å²) in [5.74, 6) is 0.452. The molecule has 0 amide bonds. The fourth-order valence-corrected chi connectivity index (χ4v) is 4.32. The number of benzene rings is 3. The normalized spacial score (nSPS) is 12.0. The molecule has 0 aliphatic heterocycles. The van der Waals surface area contributed by atoms with Crippen molar-refractivity contribution in [2.24, 2.45) is 10.1 Å². The van der Waals surface area contributed by atoms with E-state index in [9.17, 15) is 10.1 Å². The van der Waals surface area contributed by atoms with Crippen LogP contribution in [0.5, 0.6) is 0 Å². The van der Waals surface area contributed by atoms with Gasteiger partial charge < -0.3 is 4.90 Å². The van der Waals surface area contributed by atoms with E-state index in [2.05, 4.69) is 26.0 Å². The molecule has 0 aliphatic rings. The minimum atomic E-state index is -0.400. The van der Waals surface area contributed by atoms with Crippen molar-refractivity contribution >= 4 is 34.6 Å². The Bertz CT molecular complexity index is 1400. The molecule has 0 unspecified atom stereocenters. The Morgan fingerprint density at radius 2 is 1.63 bits per heavy atom. The van der Waals surface area contributed by atoms with Gasteiger partial charge in [-0.05, 0) is 53.4 Å². The van der Waals surface area contributed by atoms with Crippen LogP contribution in [0.3, 0.4) is 0 Å². The number of nitro groups is 1. The zero-order valence-electron chi connectivity index (χ0n) is 20.1. The van der Waals surface area contributed by atoms with E-state index in [-0.39, 0.29) is 5.69 Å². The number of nitrogens with zero attached hydrogens (tertiary/aromatic N) is 5. The second-order valence-electron chi connectivity index (χ2n) is 8.61. The Labute approximate surface area is 208 Å². The monoisotopic (exact) mass is 485 g/mol. The van der Waals surface area contributed by atoms with Gasteiger partial charge in [0.2, 0.25) is 4.80 Å². The highest BCUT2D eigenvalue weighted by atomic mass is 32.1. The molecule has 0 aliphatic carbocycles. The van der Waals surface area contributed by atoms with E-state index < -0.39 is 4.92 Å². The summed E-state index contributed by atoms with van der Waals surface area (Å²) in [6, 6.07) is 22.8. The molecule has 0 saturated heterocycles. The molecule has 35 heavy (non-hydrogen) atoms. The molecule has 0 N–H and O–H groups in total. The lowest BCUT2D eigenvalue weighted by molar-refractivity contribution is -0.384. The van der Waals surface area contributed by atoms with Gasteiger partial charge in [0.25, 0.3) is 5.69 Å². The summed E-state index contributed by atoms with van der Waals surface area (Å²) in [6.45, 7) is 4.32. The predicted octanol–water partition coefficient (Wildman–Crippen LogP) is 6.43. The average molecular weight is 486 g/mol. The number of nitro benzene ring substituents is 1. The van der Waals surface area contributed by atoms with E-state index in [1.54, 1.807) is 23.0 Å². The SMILES string of the molecule is CC(C)c1ccc(N=c2scc(-c3ccc([N+](=O)[O-])cc3)n2N=Cc2ccc(N(C)C)cc2)cc1. The molecule has 178 valence electrons. The van der Waals surface area contributed by atoms with Crippen molar-refractivity contribution in [1.29, 1.82) is 0 Å². The second kappa shape index (κ2) is 10.5. The maximum Gasteiger partial charge on any atom is 0.269 e. The fraction of sp³-hybridized carbons (Fsp3) is 0.185. The number of hydrogen-bond acceptors (Lipinski definition) is 6. The van der Waals surface area contributed by atoms with E-state index in [4.69, 9.17) is 10.1 Å². The molecule has 4 aromatic rings. The van der Waals surface area contributed by atoms with Gasteiger partial charge >= 0.3 is 0 Å². The molecule has 8 heteroatoms. The van der Waals surface area contributed by atoms with Gasteiger partial charge in [-0.15, -0.1) is 11.3 Å². The first-order valence-electron chi connectivity index (χ1n) is 11.2. The topological polar surface area (TPSA) is 76.0 Å². The molecule has 1 aromatic heterocycles. The lowest BCUT2D eigenvalue weighted by Gasteiger charge is -2.11. The minimum Gasteiger partial charge on any atom is -0.378 e. The summed E-state index contributed by atoms with van der Waals surface area (Å²) in [7, 11) is 4.00. The molecule has 1 heterocycles. The Kier molecular flexibility index (Phi) is 7.22. The quantitative estimate of drug-likeness (QED) is 0.172. The number of thiazole rings is 1. The highest BCUT2D eigenvalue weighted by Gasteiger charge is 2.11. The summed E-state index contributed by atoms with van der Waals surface area (Å²) in [6.07, 6.45) is 1.79. The maximum atomic E-state index is 11.1. The number of hydrogen-bond donors (Lipinski definition) is 0. The summed E-state index contributed by atoms with van der Waals surface area (Å²) >= 11 is 1.47. The van der Waals surface area contributed by atoms with Gasteiger partial charge in [-0.1, -0.05) is 38.1 Å². The fourth-order valence-electron chi connectivity index (χ4n) is 3.47. The van der Waals surface area contributed by atoms with Gasteiger partial charge in [0.15, 0.2) is 0 Å². The van der Waals surface area contributed by atoms with Crippen molar-refractivity contribution in [3.8, 4) is 11.3 Å². The standard InChI is InChI=1S/C27H27N5O2S/c1-19(2)21-7-11-23(12-8-21)29-27-31(28-17-20-5-13-24(14-6-20)30(3)4)26(18-35-27)22-9-15-25(16-10-22)32(33)34/h5-19H,1-4H3. The van der Waals surface area contributed by atoms with Crippen molar-refractivity contribution in [1.82, 2.24) is 4.68 Å². The van der Waals surface area contributed by atoms with Gasteiger partial charge in [-0.25, -0.2) is 9.67 Å². The van der Waals surface area contributed by atoms with E-state index in [1.165, 1.54) is 29.0 Å². The Balaban J connectivity index is 1.77. The first-order chi connectivity index (χ1) is 16.8. The minimum absolute atomic E-state index is 0.0511. The van der Waals surface area contributed by atoms with E-state index in [0.717, 1.165) is 28.2 Å². The highest BCUT2D eigenvalue weighted by Crippen LogP contribution is 2.24. The van der Waals surface area contributed by atoms with Crippen LogP contribution in [0.25, 0.3) is 11.3 Å². The summed E-state index contributed by atoms with van der Waals surface area (Å²) in [5, 5.41) is 17.8. The van der Waals surface area contributed by atoms with Crippen molar-refractivity contribution in [2.75, 3.05) is 19.0 Å². The third-order valence-corrected chi connectivity index (χ3v) is 6.39. The van der Waals surface area contributed by atoms with Crippen molar-refractivity contribution in [3.63, 3.8) is 0 Å². The first kappa shape index (κ1) is 24.1. The molecule has 4 rings (SSSR count). The van der Waals surface area contributed by atoms with E-state index in [1.807, 2.05) is 60.8 Å². The Hall–Kier alpha value is -4.04. The molecular weight excluding hydrogens is 458 g/mol. The molecule has 7 nitrogen and oxygen atoms in total. The lowest BCUT2D eigenvalue weighted by atomic mass is 10.0. The van der Waals surface area contributed by atoms with Crippen LogP contribution in [0.1, 0.15) is 30.9 Å². The summed E-state index contributed by atoms with van der Waals surface area (Å²) in [5.41, 5.74) is 5.84. The third-order valence-electron chi connectivity index (χ3n) is 5.58. The van der Waals surface area contributed by atoms with Gasteiger partial charge in [0.05, 0.1) is 22.5 Å². The summed E-state index contributed by atoms with van der Waals surface area (Å²) < 4.78 is 1.78. The largest absolute Gasteiger partial charge is 0.378 e. The predicted molar refractivity (Wildman–Crippen MR) is 144 cm³/mol. The second-order valence-corrected chi connectivity index (χ2v) is 9.44. The van der Waals surface area contributed by atoms with Gasteiger partial charge in [-0.3, -0.25) is 10.1 Å². The molecule has 0 spiro atoms. The first-order valence-corrected chi connectivity index (χ1v) is 12.1. The average Bonchev–Trinajstić information content (AvgIpc) is 3.25. The van der Waals surface area contributed by atoms with E-state index >= 15 is 0 Å². The van der Waals surface area contributed by atoms with Gasteiger partial charge in [0.1, 0.15) is 0 Å². The molecule has 0 fully saturated rings. The number of non-ortho nitro benzene ring substituents is 1. The third kappa shape index (κ3) is 5.73. The van der Waals surface area contributed by atoms with Crippen LogP contribution < -0.4 is 9.70 Å². The zero-order valence-corrected chi connectivity index (χ0v) is 20.9. The highest BCUT2D eigenvalue weighted by molar-refractivity contribution is 7.07. The van der Waals surface area contributed by atoms with Crippen LogP contribution in [0.15, 0.2) is 88.3 Å². The molecule has 0 saturated carbocycles. The van der Waals surface area contributed by atoms with Crippen LogP contribution in [-0.2, 0) is 0 Å². The molecule has 0 radical (unpaired) electrons. The van der Waals surface area contributed by atoms with Gasteiger partial charge in [0, 0.05) is 42.9 Å². The number of aromatic nitrogens is 1. The van der Waals surface area contributed by atoms with Crippen LogP contribution in [-0.4, -0.2) is 29.9 Å². The molecule has 0 bridgehead atoms. The molecular formula is C27H27N5O2S. The van der Waals surface area contributed by atoms with E-state index in [0.29, 0.717) is 10.7 Å².